The van der Waals surface area contributed by atoms with Crippen LogP contribution in [0.5, 0.6) is 0 Å². The van der Waals surface area contributed by atoms with Crippen LogP contribution in [0.2, 0.25) is 0 Å². The fourth-order valence-electron chi connectivity index (χ4n) is 1.93. The minimum absolute atomic E-state index is 0.242. The van der Waals surface area contributed by atoms with Gasteiger partial charge in [-0.2, -0.15) is 0 Å². The van der Waals surface area contributed by atoms with Crippen molar-refractivity contribution < 1.29 is 14.6 Å². The molecule has 0 bridgehead atoms. The van der Waals surface area contributed by atoms with Gasteiger partial charge in [-0.25, -0.2) is 4.39 Å². The zero-order chi connectivity index (χ0) is 15.0. The van der Waals surface area contributed by atoms with E-state index in [9.17, 15) is 14.6 Å². The van der Waals surface area contributed by atoms with Crippen molar-refractivity contribution in [1.82, 2.24) is 9.59 Å². The van der Waals surface area contributed by atoms with E-state index >= 15 is 0 Å². The normalized spacial score (nSPS) is 11.3. The molecule has 3 rings (SSSR count). The van der Waals surface area contributed by atoms with E-state index in [1.165, 1.54) is 12.1 Å². The van der Waals surface area contributed by atoms with Gasteiger partial charge < -0.3 is 15.5 Å². The highest BCUT2D eigenvalue weighted by Gasteiger charge is 2.16. The predicted octanol–water partition coefficient (Wildman–Crippen LogP) is 3.16. The number of anilines is 2. The van der Waals surface area contributed by atoms with Crippen molar-refractivity contribution in [3.8, 4) is 0 Å². The van der Waals surface area contributed by atoms with Crippen molar-refractivity contribution in [3.05, 3.63) is 45.3 Å². The molecule has 1 heterocycles. The smallest absolute Gasteiger partial charge is 0.180 e. The number of benzene rings is 2. The van der Waals surface area contributed by atoms with Gasteiger partial charge >= 0.3 is 0 Å². The highest BCUT2D eigenvalue weighted by atomic mass is 127. The fraction of sp³-hybridized carbons (Fsp3) is 0.0769. The third-order valence-electron chi connectivity index (χ3n) is 2.92. The van der Waals surface area contributed by atoms with Crippen molar-refractivity contribution >= 4 is 55.7 Å². The summed E-state index contributed by atoms with van der Waals surface area (Å²) in [6, 6.07) is 7.91. The van der Waals surface area contributed by atoms with Gasteiger partial charge in [-0.15, -0.1) is 5.10 Å². The summed E-state index contributed by atoms with van der Waals surface area (Å²) in [5.74, 6) is -0.422. The van der Waals surface area contributed by atoms with Gasteiger partial charge in [-0.1, -0.05) is 4.49 Å². The Morgan fingerprint density at radius 3 is 2.76 bits per heavy atom. The first kappa shape index (κ1) is 14.6. The molecule has 3 N–H and O–H groups in total. The molecular weight excluding hydrogens is 408 g/mol. The van der Waals surface area contributed by atoms with Gasteiger partial charge in [0.15, 0.2) is 6.29 Å². The number of halogens is 2. The van der Waals surface area contributed by atoms with Gasteiger partial charge in [-0.3, -0.25) is 0 Å². The minimum atomic E-state index is -1.68. The number of rotatable bonds is 3. The van der Waals surface area contributed by atoms with Crippen LogP contribution in [-0.4, -0.2) is 19.8 Å². The second kappa shape index (κ2) is 5.79. The summed E-state index contributed by atoms with van der Waals surface area (Å²) in [7, 11) is 0. The molecule has 0 saturated carbocycles. The highest BCUT2D eigenvalue weighted by Crippen LogP contribution is 2.35. The number of nitrogens with one attached hydrogen (secondary N) is 1. The van der Waals surface area contributed by atoms with Crippen molar-refractivity contribution in [2.75, 3.05) is 5.32 Å². The van der Waals surface area contributed by atoms with E-state index in [-0.39, 0.29) is 11.3 Å². The number of hydrogen-bond acceptors (Lipinski definition) is 6. The Morgan fingerprint density at radius 2 is 2.05 bits per heavy atom. The van der Waals surface area contributed by atoms with Gasteiger partial charge in [0.05, 0.1) is 16.1 Å². The molecule has 0 aliphatic heterocycles. The number of nitrogens with zero attached hydrogens (tertiary/aromatic N) is 2. The van der Waals surface area contributed by atoms with Crippen LogP contribution in [0.25, 0.3) is 10.2 Å². The molecule has 0 saturated heterocycles. The maximum Gasteiger partial charge on any atom is 0.180 e. The Hall–Kier alpha value is -1.36. The average molecular weight is 417 g/mol. The second-order valence-corrected chi connectivity index (χ2v) is 6.27. The lowest BCUT2D eigenvalue weighted by atomic mass is 10.1. The SMILES string of the molecule is OC(O)c1ccc2nnsc2c1Nc1ccc(I)cc1F. The lowest BCUT2D eigenvalue weighted by Crippen LogP contribution is -2.03. The number of aliphatic hydroxyl groups is 2. The average Bonchev–Trinajstić information content (AvgIpc) is 2.90. The number of hydrogen-bond donors (Lipinski definition) is 3. The molecule has 0 aliphatic rings. The van der Waals surface area contributed by atoms with Crippen molar-refractivity contribution in [2.24, 2.45) is 0 Å². The quantitative estimate of drug-likeness (QED) is 0.451. The minimum Gasteiger partial charge on any atom is -0.364 e. The molecule has 0 amide bonds. The zero-order valence-corrected chi connectivity index (χ0v) is 13.4. The first-order chi connectivity index (χ1) is 10.1. The van der Waals surface area contributed by atoms with Crippen molar-refractivity contribution in [3.63, 3.8) is 0 Å². The summed E-state index contributed by atoms with van der Waals surface area (Å²) >= 11 is 3.12. The first-order valence-electron chi connectivity index (χ1n) is 5.89. The van der Waals surface area contributed by atoms with Crippen LogP contribution in [0.3, 0.4) is 0 Å². The van der Waals surface area contributed by atoms with Gasteiger partial charge in [0.1, 0.15) is 11.3 Å². The molecule has 0 radical (unpaired) electrons. The van der Waals surface area contributed by atoms with E-state index in [4.69, 9.17) is 0 Å². The van der Waals surface area contributed by atoms with E-state index in [0.717, 1.165) is 15.1 Å². The molecule has 0 aliphatic carbocycles. The predicted molar refractivity (Wildman–Crippen MR) is 87.0 cm³/mol. The molecule has 0 atom stereocenters. The lowest BCUT2D eigenvalue weighted by Gasteiger charge is -2.14. The number of aromatic nitrogens is 2. The van der Waals surface area contributed by atoms with Crippen LogP contribution in [0.15, 0.2) is 30.3 Å². The second-order valence-electron chi connectivity index (χ2n) is 4.27. The van der Waals surface area contributed by atoms with Crippen LogP contribution in [0.1, 0.15) is 11.9 Å². The third-order valence-corrected chi connectivity index (χ3v) is 4.35. The van der Waals surface area contributed by atoms with E-state index < -0.39 is 12.1 Å². The lowest BCUT2D eigenvalue weighted by molar-refractivity contribution is -0.0418. The van der Waals surface area contributed by atoms with Crippen LogP contribution < -0.4 is 5.32 Å². The zero-order valence-electron chi connectivity index (χ0n) is 10.4. The van der Waals surface area contributed by atoms with Gasteiger partial charge in [0.2, 0.25) is 0 Å². The third kappa shape index (κ3) is 2.84. The topological polar surface area (TPSA) is 78.3 Å². The molecule has 0 fully saturated rings. The Morgan fingerprint density at radius 1 is 1.24 bits per heavy atom. The molecule has 5 nitrogen and oxygen atoms in total. The van der Waals surface area contributed by atoms with Crippen LogP contribution in [0.4, 0.5) is 15.8 Å². The Labute approximate surface area is 136 Å². The van der Waals surface area contributed by atoms with E-state index in [2.05, 4.69) is 14.9 Å². The summed E-state index contributed by atoms with van der Waals surface area (Å²) in [4.78, 5) is 0. The summed E-state index contributed by atoms with van der Waals surface area (Å²) in [5.41, 5.74) is 1.50. The Balaban J connectivity index is 2.14. The molecule has 0 spiro atoms. The standard InChI is InChI=1S/C13H9FIN3O2S/c14-8-5-6(15)1-3-9(8)16-11-7(13(19)20)2-4-10-12(11)21-18-17-10/h1-5,13,16,19-20H. The highest BCUT2D eigenvalue weighted by molar-refractivity contribution is 14.1. The summed E-state index contributed by atoms with van der Waals surface area (Å²) in [5, 5.41) is 25.8. The molecule has 0 unspecified atom stereocenters. The van der Waals surface area contributed by atoms with Gasteiger partial charge in [-0.05, 0) is 64.5 Å². The molecule has 2 aromatic carbocycles. The molecule has 21 heavy (non-hydrogen) atoms. The van der Waals surface area contributed by atoms with E-state index in [0.29, 0.717) is 15.9 Å². The summed E-state index contributed by atoms with van der Waals surface area (Å²) < 4.78 is 19.2. The van der Waals surface area contributed by atoms with Gasteiger partial charge in [0.25, 0.3) is 0 Å². The van der Waals surface area contributed by atoms with E-state index in [1.807, 2.05) is 22.6 Å². The molecular formula is C13H9FIN3O2S. The maximum absolute atomic E-state index is 14.0. The maximum atomic E-state index is 14.0. The summed E-state index contributed by atoms with van der Waals surface area (Å²) in [6.45, 7) is 0. The van der Waals surface area contributed by atoms with Crippen LogP contribution >= 0.6 is 34.1 Å². The van der Waals surface area contributed by atoms with Crippen LogP contribution in [0, 0.1) is 9.39 Å². The number of fused-ring (bicyclic) bond motifs is 1. The summed E-state index contributed by atoms with van der Waals surface area (Å²) in [6.07, 6.45) is -1.68. The van der Waals surface area contributed by atoms with E-state index in [1.54, 1.807) is 18.2 Å². The molecule has 1 aromatic heterocycles. The first-order valence-corrected chi connectivity index (χ1v) is 7.74. The fourth-order valence-corrected chi connectivity index (χ4v) is 3.06. The largest absolute Gasteiger partial charge is 0.364 e. The molecule has 3 aromatic rings. The monoisotopic (exact) mass is 417 g/mol. The van der Waals surface area contributed by atoms with Crippen LogP contribution in [-0.2, 0) is 0 Å². The molecule has 108 valence electrons. The van der Waals surface area contributed by atoms with Crippen molar-refractivity contribution in [1.29, 1.82) is 0 Å². The Kier molecular flexibility index (Phi) is 4.02. The van der Waals surface area contributed by atoms with Crippen molar-refractivity contribution in [2.45, 2.75) is 6.29 Å². The molecule has 8 heteroatoms. The Bertz CT molecular complexity index is 809. The number of aliphatic hydroxyl groups excluding tert-OH is 1. The van der Waals surface area contributed by atoms with Gasteiger partial charge in [0, 0.05) is 9.13 Å².